The number of hydrogen-bond acceptors (Lipinski definition) is 2. The van der Waals surface area contributed by atoms with Crippen molar-refractivity contribution >= 4 is 27.5 Å². The van der Waals surface area contributed by atoms with Crippen molar-refractivity contribution in [3.8, 4) is 0 Å². The van der Waals surface area contributed by atoms with Gasteiger partial charge >= 0.3 is 5.97 Å². The first-order chi connectivity index (χ1) is 7.08. The highest BCUT2D eigenvalue weighted by Crippen LogP contribution is 2.20. The van der Waals surface area contributed by atoms with Crippen molar-refractivity contribution < 1.29 is 31.4 Å². The number of carbonyl (C=O) groups is 1. The molecule has 1 aromatic heterocycles. The average molecular weight is 302 g/mol. The van der Waals surface area contributed by atoms with E-state index >= 15 is 0 Å². The van der Waals surface area contributed by atoms with Crippen LogP contribution in [0.5, 0.6) is 0 Å². The van der Waals surface area contributed by atoms with Gasteiger partial charge in [-0.1, -0.05) is 17.4 Å². The molecule has 0 aliphatic carbocycles. The van der Waals surface area contributed by atoms with Crippen molar-refractivity contribution in [3.05, 3.63) is 28.8 Å². The van der Waals surface area contributed by atoms with Gasteiger partial charge in [0.25, 0.3) is 0 Å². The molecule has 0 saturated carbocycles. The van der Waals surface area contributed by atoms with E-state index < -0.39 is 5.97 Å². The minimum Gasteiger partial charge on any atom is -1.00 e. The largest absolute Gasteiger partial charge is 1.00 e. The molecule has 1 aromatic carbocycles. The first-order valence-electron chi connectivity index (χ1n) is 4.69. The summed E-state index contributed by atoms with van der Waals surface area (Å²) in [5, 5.41) is 9.85. The average Bonchev–Trinajstić information content (AvgIpc) is 2.43. The first kappa shape index (κ1) is 13.1. The van der Waals surface area contributed by atoms with Gasteiger partial charge in [-0.2, -0.15) is 4.57 Å². The standard InChI is InChI=1S/C11H11NO2S.BrH/c1-7-3-4-10-9(5-7)12(6-11(13)14)8(2)15-10;/h3-5H,6H2,1-2H3;1H. The van der Waals surface area contributed by atoms with E-state index in [0.29, 0.717) is 0 Å². The third kappa shape index (κ3) is 2.41. The summed E-state index contributed by atoms with van der Waals surface area (Å²) in [7, 11) is 0. The van der Waals surface area contributed by atoms with Gasteiger partial charge in [0, 0.05) is 13.0 Å². The second-order valence-electron chi connectivity index (χ2n) is 3.57. The molecule has 2 aromatic rings. The zero-order chi connectivity index (χ0) is 11.0. The molecule has 0 aliphatic rings. The van der Waals surface area contributed by atoms with Gasteiger partial charge in [-0.15, -0.1) is 0 Å². The van der Waals surface area contributed by atoms with E-state index in [1.807, 2.05) is 36.6 Å². The van der Waals surface area contributed by atoms with Crippen molar-refractivity contribution in [2.75, 3.05) is 0 Å². The van der Waals surface area contributed by atoms with Crippen molar-refractivity contribution in [2.24, 2.45) is 0 Å². The molecule has 0 saturated heterocycles. The van der Waals surface area contributed by atoms with Crippen LogP contribution in [-0.2, 0) is 11.3 Å². The van der Waals surface area contributed by atoms with E-state index in [9.17, 15) is 4.79 Å². The number of hydrogen-bond donors (Lipinski definition) is 1. The van der Waals surface area contributed by atoms with Crippen molar-refractivity contribution in [1.29, 1.82) is 0 Å². The maximum absolute atomic E-state index is 10.7. The summed E-state index contributed by atoms with van der Waals surface area (Å²) < 4.78 is 2.98. The molecule has 2 rings (SSSR count). The van der Waals surface area contributed by atoms with Gasteiger partial charge < -0.3 is 22.1 Å². The quantitative estimate of drug-likeness (QED) is 0.715. The lowest BCUT2D eigenvalue weighted by molar-refractivity contribution is -0.661. The van der Waals surface area contributed by atoms with Crippen LogP contribution in [0.2, 0.25) is 0 Å². The molecule has 5 heteroatoms. The summed E-state index contributed by atoms with van der Waals surface area (Å²) in [4.78, 5) is 10.7. The molecular weight excluding hydrogens is 290 g/mol. The molecule has 0 aliphatic heterocycles. The minimum atomic E-state index is -0.802. The van der Waals surface area contributed by atoms with Gasteiger partial charge in [-0.25, -0.2) is 4.79 Å². The maximum Gasteiger partial charge on any atom is 0.370 e. The topological polar surface area (TPSA) is 41.2 Å². The summed E-state index contributed by atoms with van der Waals surface area (Å²) in [6, 6.07) is 6.12. The Bertz CT molecular complexity index is 536. The Morgan fingerprint density at radius 1 is 1.44 bits per heavy atom. The molecule has 0 spiro atoms. The number of halogens is 1. The van der Waals surface area contributed by atoms with E-state index in [-0.39, 0.29) is 23.5 Å². The van der Waals surface area contributed by atoms with Crippen LogP contribution < -0.4 is 21.5 Å². The van der Waals surface area contributed by atoms with Crippen molar-refractivity contribution in [3.63, 3.8) is 0 Å². The van der Waals surface area contributed by atoms with E-state index in [1.54, 1.807) is 11.3 Å². The molecule has 0 unspecified atom stereocenters. The molecule has 0 amide bonds. The summed E-state index contributed by atoms with van der Waals surface area (Å²) >= 11 is 1.63. The second-order valence-corrected chi connectivity index (χ2v) is 4.81. The van der Waals surface area contributed by atoms with Crippen LogP contribution in [-0.4, -0.2) is 11.1 Å². The van der Waals surface area contributed by atoms with Crippen LogP contribution in [0.15, 0.2) is 18.2 Å². The van der Waals surface area contributed by atoms with E-state index in [2.05, 4.69) is 0 Å². The van der Waals surface area contributed by atoms with Gasteiger partial charge in [0.15, 0.2) is 0 Å². The van der Waals surface area contributed by atoms with Crippen molar-refractivity contribution in [1.82, 2.24) is 0 Å². The molecular formula is C11H12BrNO2S. The molecule has 1 N–H and O–H groups in total. The molecule has 16 heavy (non-hydrogen) atoms. The Hall–Kier alpha value is -0.940. The predicted octanol–water partition coefficient (Wildman–Crippen LogP) is -1.11. The zero-order valence-electron chi connectivity index (χ0n) is 9.03. The van der Waals surface area contributed by atoms with Crippen LogP contribution in [0.25, 0.3) is 10.2 Å². The number of carboxylic acids is 1. The fraction of sp³-hybridized carbons (Fsp3) is 0.273. The Kier molecular flexibility index (Phi) is 4.04. The number of aromatic nitrogens is 1. The van der Waals surface area contributed by atoms with Crippen LogP contribution in [0.4, 0.5) is 0 Å². The minimum absolute atomic E-state index is 0. The van der Waals surface area contributed by atoms with Gasteiger partial charge in [-0.05, 0) is 18.6 Å². The molecule has 0 atom stereocenters. The number of benzene rings is 1. The molecule has 1 heterocycles. The highest BCUT2D eigenvalue weighted by Gasteiger charge is 2.19. The van der Waals surface area contributed by atoms with Gasteiger partial charge in [-0.3, -0.25) is 0 Å². The van der Waals surface area contributed by atoms with Crippen LogP contribution >= 0.6 is 11.3 Å². The number of rotatable bonds is 2. The third-order valence-corrected chi connectivity index (χ3v) is 3.42. The number of nitrogens with zero attached hydrogens (tertiary/aromatic N) is 1. The summed E-state index contributed by atoms with van der Waals surface area (Å²) in [6.07, 6.45) is 0. The van der Waals surface area contributed by atoms with Crippen LogP contribution in [0.3, 0.4) is 0 Å². The Labute approximate surface area is 108 Å². The maximum atomic E-state index is 10.7. The fourth-order valence-electron chi connectivity index (χ4n) is 1.64. The first-order valence-corrected chi connectivity index (χ1v) is 5.51. The number of aryl methyl sites for hydroxylation is 2. The van der Waals surface area contributed by atoms with Gasteiger partial charge in [0.2, 0.25) is 17.1 Å². The fourth-order valence-corrected chi connectivity index (χ4v) is 2.64. The zero-order valence-corrected chi connectivity index (χ0v) is 11.4. The Balaban J connectivity index is 0.00000128. The molecule has 86 valence electrons. The molecule has 0 radical (unpaired) electrons. The summed E-state index contributed by atoms with van der Waals surface area (Å²) in [5.41, 5.74) is 2.17. The highest BCUT2D eigenvalue weighted by molar-refractivity contribution is 7.18. The van der Waals surface area contributed by atoms with Gasteiger partial charge in [0.1, 0.15) is 4.70 Å². The van der Waals surface area contributed by atoms with Gasteiger partial charge in [0.05, 0.1) is 0 Å². The predicted molar refractivity (Wildman–Crippen MR) is 59.1 cm³/mol. The Morgan fingerprint density at radius 2 is 2.12 bits per heavy atom. The van der Waals surface area contributed by atoms with E-state index in [1.165, 1.54) is 0 Å². The molecule has 0 bridgehead atoms. The lowest BCUT2D eigenvalue weighted by Gasteiger charge is -1.93. The smallest absolute Gasteiger partial charge is 0.370 e. The lowest BCUT2D eigenvalue weighted by atomic mass is 10.2. The summed E-state index contributed by atoms with van der Waals surface area (Å²) in [6.45, 7) is 4.00. The van der Waals surface area contributed by atoms with Crippen LogP contribution in [0.1, 0.15) is 10.6 Å². The number of fused-ring (bicyclic) bond motifs is 1. The lowest BCUT2D eigenvalue weighted by Crippen LogP contribution is -3.00. The number of carboxylic acid groups (broad SMARTS) is 1. The normalized spacial score (nSPS) is 10.1. The molecule has 0 fully saturated rings. The monoisotopic (exact) mass is 301 g/mol. The number of thiazole rings is 1. The summed E-state index contributed by atoms with van der Waals surface area (Å²) in [5.74, 6) is -0.802. The third-order valence-electron chi connectivity index (χ3n) is 2.34. The van der Waals surface area contributed by atoms with Crippen molar-refractivity contribution in [2.45, 2.75) is 20.4 Å². The Morgan fingerprint density at radius 3 is 2.75 bits per heavy atom. The highest BCUT2D eigenvalue weighted by atomic mass is 79.9. The van der Waals surface area contributed by atoms with E-state index in [4.69, 9.17) is 5.11 Å². The van der Waals surface area contributed by atoms with E-state index in [0.717, 1.165) is 20.8 Å². The second kappa shape index (κ2) is 4.93. The van der Waals surface area contributed by atoms with Crippen LogP contribution in [0, 0.1) is 13.8 Å². The number of aliphatic carboxylic acids is 1. The SMILES string of the molecule is Cc1ccc2sc(C)[n+](CC(=O)O)c2c1.[Br-]. The molecule has 3 nitrogen and oxygen atoms in total.